The third-order valence-electron chi connectivity index (χ3n) is 1.25. The molecule has 0 radical (unpaired) electrons. The highest BCUT2D eigenvalue weighted by molar-refractivity contribution is 5.13. The highest BCUT2D eigenvalue weighted by Crippen LogP contribution is 1.96. The summed E-state index contributed by atoms with van der Waals surface area (Å²) in [6, 6.07) is 10.5. The molecule has 0 atom stereocenters. The molecule has 13 heavy (non-hydrogen) atoms. The van der Waals surface area contributed by atoms with E-state index in [1.54, 1.807) is 0 Å². The lowest BCUT2D eigenvalue weighted by molar-refractivity contribution is 0.737. The van der Waals surface area contributed by atoms with E-state index in [2.05, 4.69) is 52.0 Å². The van der Waals surface area contributed by atoms with Crippen LogP contribution in [0.15, 0.2) is 30.3 Å². The molecule has 0 aliphatic carbocycles. The predicted molar refractivity (Wildman–Crippen MR) is 63.1 cm³/mol. The maximum Gasteiger partial charge on any atom is -0.0307 e. The SMILES string of the molecule is C.CC(C)C.CCc1ccccc1. The van der Waals surface area contributed by atoms with E-state index in [1.807, 2.05) is 6.07 Å². The third-order valence-corrected chi connectivity index (χ3v) is 1.25. The Morgan fingerprint density at radius 3 is 1.62 bits per heavy atom. The molecule has 0 aliphatic heterocycles. The van der Waals surface area contributed by atoms with Crippen LogP contribution in [-0.2, 0) is 6.42 Å². The Kier molecular flexibility index (Phi) is 10.5. The van der Waals surface area contributed by atoms with Crippen LogP contribution >= 0.6 is 0 Å². The zero-order valence-electron chi connectivity index (χ0n) is 8.67. The van der Waals surface area contributed by atoms with Crippen LogP contribution in [0.3, 0.4) is 0 Å². The fourth-order valence-corrected chi connectivity index (χ4v) is 0.714. The number of hydrogen-bond acceptors (Lipinski definition) is 0. The van der Waals surface area contributed by atoms with Crippen LogP contribution in [0.25, 0.3) is 0 Å². The number of rotatable bonds is 1. The monoisotopic (exact) mass is 180 g/mol. The lowest BCUT2D eigenvalue weighted by atomic mass is 10.2. The van der Waals surface area contributed by atoms with Crippen LogP contribution in [0.5, 0.6) is 0 Å². The van der Waals surface area contributed by atoms with Crippen molar-refractivity contribution >= 4 is 0 Å². The maximum atomic E-state index is 2.17. The Morgan fingerprint density at radius 1 is 1.00 bits per heavy atom. The lowest BCUT2D eigenvalue weighted by Crippen LogP contribution is -1.73. The molecule has 1 rings (SSSR count). The fraction of sp³-hybridized carbons (Fsp3) is 0.538. The Hall–Kier alpha value is -0.780. The molecule has 0 saturated carbocycles. The van der Waals surface area contributed by atoms with Crippen molar-refractivity contribution in [3.05, 3.63) is 35.9 Å². The van der Waals surface area contributed by atoms with E-state index in [9.17, 15) is 0 Å². The van der Waals surface area contributed by atoms with Gasteiger partial charge in [-0.25, -0.2) is 0 Å². The van der Waals surface area contributed by atoms with E-state index in [0.29, 0.717) is 0 Å². The first-order valence-corrected chi connectivity index (χ1v) is 4.70. The van der Waals surface area contributed by atoms with Crippen LogP contribution in [0, 0.1) is 5.92 Å². The average Bonchev–Trinajstić information content (AvgIpc) is 2.05. The van der Waals surface area contributed by atoms with Gasteiger partial charge in [-0.3, -0.25) is 0 Å². The Balaban J connectivity index is 0. The fourth-order valence-electron chi connectivity index (χ4n) is 0.714. The normalized spacial score (nSPS) is 8.38. The van der Waals surface area contributed by atoms with Gasteiger partial charge in [-0.15, -0.1) is 0 Å². The first-order valence-electron chi connectivity index (χ1n) is 4.70. The Bertz CT molecular complexity index is 172. The van der Waals surface area contributed by atoms with Gasteiger partial charge in [-0.05, 0) is 17.9 Å². The average molecular weight is 180 g/mol. The molecule has 1 aromatic rings. The Morgan fingerprint density at radius 2 is 1.38 bits per heavy atom. The highest BCUT2D eigenvalue weighted by Gasteiger charge is 1.79. The molecule has 0 amide bonds. The summed E-state index contributed by atoms with van der Waals surface area (Å²) in [5, 5.41) is 0. The highest BCUT2D eigenvalue weighted by atomic mass is 13.9. The smallest absolute Gasteiger partial charge is 0.0307 e. The molecule has 0 aromatic heterocycles. The van der Waals surface area contributed by atoms with Gasteiger partial charge in [-0.1, -0.05) is 65.5 Å². The standard InChI is InChI=1S/C8H10.C4H10.CH4/c1-2-8-6-4-3-5-7-8;1-4(2)3;/h3-7H,2H2,1H3;4H,1-3H3;1H4. The van der Waals surface area contributed by atoms with Crippen molar-refractivity contribution in [1.82, 2.24) is 0 Å². The van der Waals surface area contributed by atoms with Crippen molar-refractivity contribution in [2.24, 2.45) is 5.92 Å². The second-order valence-corrected chi connectivity index (χ2v) is 3.57. The zero-order valence-corrected chi connectivity index (χ0v) is 8.67. The summed E-state index contributed by atoms with van der Waals surface area (Å²) >= 11 is 0. The first kappa shape index (κ1) is 14.7. The number of aryl methyl sites for hydroxylation is 1. The van der Waals surface area contributed by atoms with Gasteiger partial charge in [-0.2, -0.15) is 0 Å². The summed E-state index contributed by atoms with van der Waals surface area (Å²) in [6.45, 7) is 8.66. The van der Waals surface area contributed by atoms with Crippen molar-refractivity contribution in [1.29, 1.82) is 0 Å². The summed E-state index contributed by atoms with van der Waals surface area (Å²) in [7, 11) is 0. The number of hydrogen-bond donors (Lipinski definition) is 0. The summed E-state index contributed by atoms with van der Waals surface area (Å²) in [6.07, 6.45) is 1.14. The minimum absolute atomic E-state index is 0. The van der Waals surface area contributed by atoms with Gasteiger partial charge in [0.2, 0.25) is 0 Å². The van der Waals surface area contributed by atoms with Crippen molar-refractivity contribution in [2.45, 2.75) is 41.5 Å². The summed E-state index contributed by atoms with van der Waals surface area (Å²) < 4.78 is 0. The van der Waals surface area contributed by atoms with Crippen LogP contribution in [0.2, 0.25) is 0 Å². The van der Waals surface area contributed by atoms with Gasteiger partial charge < -0.3 is 0 Å². The van der Waals surface area contributed by atoms with Crippen molar-refractivity contribution in [3.63, 3.8) is 0 Å². The second kappa shape index (κ2) is 9.31. The second-order valence-electron chi connectivity index (χ2n) is 3.57. The topological polar surface area (TPSA) is 0 Å². The van der Waals surface area contributed by atoms with Crippen molar-refractivity contribution in [2.75, 3.05) is 0 Å². The van der Waals surface area contributed by atoms with E-state index in [0.717, 1.165) is 12.3 Å². The van der Waals surface area contributed by atoms with Gasteiger partial charge >= 0.3 is 0 Å². The lowest BCUT2D eigenvalue weighted by Gasteiger charge is -1.89. The molecule has 0 spiro atoms. The Labute approximate surface area is 84.0 Å². The van der Waals surface area contributed by atoms with Gasteiger partial charge in [0.25, 0.3) is 0 Å². The molecule has 0 bridgehead atoms. The third kappa shape index (κ3) is 11.2. The van der Waals surface area contributed by atoms with Crippen LogP contribution in [0.1, 0.15) is 40.7 Å². The van der Waals surface area contributed by atoms with E-state index >= 15 is 0 Å². The van der Waals surface area contributed by atoms with Gasteiger partial charge in [0.05, 0.1) is 0 Å². The van der Waals surface area contributed by atoms with Crippen LogP contribution < -0.4 is 0 Å². The molecule has 76 valence electrons. The van der Waals surface area contributed by atoms with Crippen LogP contribution in [-0.4, -0.2) is 0 Å². The molecule has 0 heterocycles. The van der Waals surface area contributed by atoms with Crippen LogP contribution in [0.4, 0.5) is 0 Å². The van der Waals surface area contributed by atoms with Gasteiger partial charge in [0, 0.05) is 0 Å². The summed E-state index contributed by atoms with van der Waals surface area (Å²) in [4.78, 5) is 0. The molecule has 0 unspecified atom stereocenters. The minimum Gasteiger partial charge on any atom is -0.0776 e. The van der Waals surface area contributed by atoms with Gasteiger partial charge in [0.1, 0.15) is 0 Å². The molecule has 0 aliphatic rings. The largest absolute Gasteiger partial charge is 0.0776 e. The first-order chi connectivity index (χ1) is 5.66. The molecule has 0 nitrogen and oxygen atoms in total. The molecule has 0 fully saturated rings. The summed E-state index contributed by atoms with van der Waals surface area (Å²) in [5.74, 6) is 0.833. The predicted octanol–water partition coefficient (Wildman–Crippen LogP) is 4.55. The number of benzene rings is 1. The van der Waals surface area contributed by atoms with E-state index < -0.39 is 0 Å². The molecule has 0 saturated heterocycles. The molecule has 1 aromatic carbocycles. The van der Waals surface area contributed by atoms with E-state index in [4.69, 9.17) is 0 Å². The molecule has 0 heteroatoms. The van der Waals surface area contributed by atoms with Crippen molar-refractivity contribution < 1.29 is 0 Å². The zero-order chi connectivity index (χ0) is 9.40. The minimum atomic E-state index is 0. The maximum absolute atomic E-state index is 2.17. The van der Waals surface area contributed by atoms with Gasteiger partial charge in [0.15, 0.2) is 0 Å². The van der Waals surface area contributed by atoms with Crippen molar-refractivity contribution in [3.8, 4) is 0 Å². The quantitative estimate of drug-likeness (QED) is 0.595. The molecule has 0 N–H and O–H groups in total. The van der Waals surface area contributed by atoms with E-state index in [-0.39, 0.29) is 7.43 Å². The molecular weight excluding hydrogens is 156 g/mol. The summed E-state index contributed by atoms with van der Waals surface area (Å²) in [5.41, 5.74) is 1.41. The molecular formula is C13H24. The van der Waals surface area contributed by atoms with E-state index in [1.165, 1.54) is 5.56 Å².